The first-order valence-electron chi connectivity index (χ1n) is 6.10. The predicted molar refractivity (Wildman–Crippen MR) is 62.5 cm³/mol. The van der Waals surface area contributed by atoms with Gasteiger partial charge in [-0.15, -0.1) is 0 Å². The minimum absolute atomic E-state index is 0.0343. The van der Waals surface area contributed by atoms with Crippen LogP contribution in [0.3, 0.4) is 0 Å². The molecule has 1 atom stereocenters. The fourth-order valence-electron chi connectivity index (χ4n) is 2.39. The van der Waals surface area contributed by atoms with Gasteiger partial charge >= 0.3 is 0 Å². The van der Waals surface area contributed by atoms with Crippen molar-refractivity contribution in [1.82, 2.24) is 4.90 Å². The van der Waals surface area contributed by atoms with Gasteiger partial charge in [0, 0.05) is 24.5 Å². The molecule has 0 radical (unpaired) electrons. The highest BCUT2D eigenvalue weighted by Gasteiger charge is 2.30. The van der Waals surface area contributed by atoms with Crippen LogP contribution in [0.1, 0.15) is 46.5 Å². The quantitative estimate of drug-likeness (QED) is 0.772. The van der Waals surface area contributed by atoms with E-state index in [4.69, 9.17) is 5.73 Å². The number of amides is 1. The van der Waals surface area contributed by atoms with E-state index in [1.165, 1.54) is 25.7 Å². The van der Waals surface area contributed by atoms with Crippen LogP contribution in [0.25, 0.3) is 0 Å². The molecule has 0 saturated heterocycles. The summed E-state index contributed by atoms with van der Waals surface area (Å²) >= 11 is 0. The van der Waals surface area contributed by atoms with E-state index in [1.807, 2.05) is 6.92 Å². The molecule has 2 N–H and O–H groups in total. The minimum atomic E-state index is -0.0343. The maximum absolute atomic E-state index is 12.1. The van der Waals surface area contributed by atoms with Crippen molar-refractivity contribution in [1.29, 1.82) is 0 Å². The van der Waals surface area contributed by atoms with Crippen molar-refractivity contribution in [2.24, 2.45) is 11.7 Å². The fourth-order valence-corrected chi connectivity index (χ4v) is 2.39. The van der Waals surface area contributed by atoms with Crippen molar-refractivity contribution in [3.8, 4) is 0 Å². The van der Waals surface area contributed by atoms with Gasteiger partial charge in [0.25, 0.3) is 0 Å². The Labute approximate surface area is 93.0 Å². The summed E-state index contributed by atoms with van der Waals surface area (Å²) in [4.78, 5) is 14.2. The molecule has 0 aromatic heterocycles. The zero-order valence-electron chi connectivity index (χ0n) is 10.2. The van der Waals surface area contributed by atoms with E-state index in [0.717, 1.165) is 0 Å². The van der Waals surface area contributed by atoms with Crippen LogP contribution < -0.4 is 5.73 Å². The van der Waals surface area contributed by atoms with Crippen molar-refractivity contribution in [3.05, 3.63) is 0 Å². The van der Waals surface area contributed by atoms with Crippen LogP contribution in [0.5, 0.6) is 0 Å². The number of carbonyl (C=O) groups is 1. The second-order valence-electron chi connectivity index (χ2n) is 4.91. The monoisotopic (exact) mass is 212 g/mol. The summed E-state index contributed by atoms with van der Waals surface area (Å²) in [5, 5.41) is 0. The third kappa shape index (κ3) is 2.94. The van der Waals surface area contributed by atoms with Crippen LogP contribution >= 0.6 is 0 Å². The Hall–Kier alpha value is -0.570. The molecular formula is C12H24N2O. The van der Waals surface area contributed by atoms with E-state index in [-0.39, 0.29) is 11.8 Å². The van der Waals surface area contributed by atoms with Crippen LogP contribution in [-0.4, -0.2) is 29.4 Å². The molecule has 1 unspecified atom stereocenters. The van der Waals surface area contributed by atoms with Crippen molar-refractivity contribution >= 4 is 5.91 Å². The summed E-state index contributed by atoms with van der Waals surface area (Å²) in [6.07, 6.45) is 4.86. The van der Waals surface area contributed by atoms with Crippen molar-refractivity contribution in [3.63, 3.8) is 0 Å². The Balaban J connectivity index is 2.68. The van der Waals surface area contributed by atoms with Gasteiger partial charge in [0.05, 0.1) is 0 Å². The van der Waals surface area contributed by atoms with Gasteiger partial charge < -0.3 is 10.6 Å². The molecular weight excluding hydrogens is 188 g/mol. The van der Waals surface area contributed by atoms with Gasteiger partial charge in [0.1, 0.15) is 0 Å². The lowest BCUT2D eigenvalue weighted by Gasteiger charge is -2.34. The highest BCUT2D eigenvalue weighted by atomic mass is 16.2. The third-order valence-electron chi connectivity index (χ3n) is 3.30. The summed E-state index contributed by atoms with van der Waals surface area (Å²) in [5.74, 6) is 0.201. The average molecular weight is 212 g/mol. The molecule has 1 aliphatic carbocycles. The largest absolute Gasteiger partial charge is 0.337 e. The van der Waals surface area contributed by atoms with Gasteiger partial charge in [-0.1, -0.05) is 19.8 Å². The molecule has 3 nitrogen and oxygen atoms in total. The lowest BCUT2D eigenvalue weighted by atomic mass is 10.1. The zero-order chi connectivity index (χ0) is 11.4. The molecule has 1 rings (SSSR count). The Morgan fingerprint density at radius 2 is 1.87 bits per heavy atom. The summed E-state index contributed by atoms with van der Waals surface area (Å²) in [6.45, 7) is 6.57. The number of carbonyl (C=O) groups excluding carboxylic acids is 1. The Morgan fingerprint density at radius 1 is 1.33 bits per heavy atom. The zero-order valence-corrected chi connectivity index (χ0v) is 10.2. The molecule has 88 valence electrons. The van der Waals surface area contributed by atoms with Gasteiger partial charge in [-0.05, 0) is 26.7 Å². The molecule has 15 heavy (non-hydrogen) atoms. The SMILES string of the molecule is CC(CN)C(=O)N(C(C)C)C1CCCC1. The van der Waals surface area contributed by atoms with E-state index in [1.54, 1.807) is 0 Å². The molecule has 1 fully saturated rings. The second-order valence-corrected chi connectivity index (χ2v) is 4.91. The molecule has 0 aromatic carbocycles. The molecule has 0 spiro atoms. The first-order valence-corrected chi connectivity index (χ1v) is 6.10. The van der Waals surface area contributed by atoms with E-state index < -0.39 is 0 Å². The highest BCUT2D eigenvalue weighted by Crippen LogP contribution is 2.26. The topological polar surface area (TPSA) is 46.3 Å². The molecule has 1 amide bonds. The lowest BCUT2D eigenvalue weighted by molar-refractivity contribution is -0.139. The maximum atomic E-state index is 12.1. The van der Waals surface area contributed by atoms with Gasteiger partial charge in [-0.2, -0.15) is 0 Å². The van der Waals surface area contributed by atoms with Gasteiger partial charge in [0.15, 0.2) is 0 Å². The van der Waals surface area contributed by atoms with Crippen LogP contribution in [-0.2, 0) is 4.79 Å². The Kier molecular flexibility index (Phi) is 4.58. The molecule has 1 aliphatic rings. The second kappa shape index (κ2) is 5.50. The fraction of sp³-hybridized carbons (Fsp3) is 0.917. The van der Waals surface area contributed by atoms with Crippen molar-refractivity contribution < 1.29 is 4.79 Å². The average Bonchev–Trinajstić information content (AvgIpc) is 2.69. The summed E-state index contributed by atoms with van der Waals surface area (Å²) in [6, 6.07) is 0.765. The first-order chi connectivity index (χ1) is 7.07. The van der Waals surface area contributed by atoms with Gasteiger partial charge in [-0.3, -0.25) is 4.79 Å². The Morgan fingerprint density at radius 3 is 2.27 bits per heavy atom. The molecule has 3 heteroatoms. The number of rotatable bonds is 4. The summed E-state index contributed by atoms with van der Waals surface area (Å²) < 4.78 is 0. The number of hydrogen-bond donors (Lipinski definition) is 1. The van der Waals surface area contributed by atoms with E-state index in [2.05, 4.69) is 18.7 Å². The summed E-state index contributed by atoms with van der Waals surface area (Å²) in [7, 11) is 0. The van der Waals surface area contributed by atoms with Crippen LogP contribution in [0.15, 0.2) is 0 Å². The van der Waals surface area contributed by atoms with E-state index >= 15 is 0 Å². The van der Waals surface area contributed by atoms with Crippen LogP contribution in [0.4, 0.5) is 0 Å². The molecule has 0 aliphatic heterocycles. The standard InChI is InChI=1S/C12H24N2O/c1-9(2)14(11-6-4-5-7-11)12(15)10(3)8-13/h9-11H,4-8,13H2,1-3H3. The Bertz CT molecular complexity index is 210. The van der Waals surface area contributed by atoms with Crippen molar-refractivity contribution in [2.75, 3.05) is 6.54 Å². The predicted octanol–water partition coefficient (Wildman–Crippen LogP) is 1.76. The van der Waals surface area contributed by atoms with Crippen LogP contribution in [0, 0.1) is 5.92 Å². The van der Waals surface area contributed by atoms with Crippen LogP contribution in [0.2, 0.25) is 0 Å². The van der Waals surface area contributed by atoms with E-state index in [9.17, 15) is 4.79 Å². The number of nitrogens with zero attached hydrogens (tertiary/aromatic N) is 1. The maximum Gasteiger partial charge on any atom is 0.227 e. The normalized spacial score (nSPS) is 19.5. The number of nitrogens with two attached hydrogens (primary N) is 1. The van der Waals surface area contributed by atoms with Gasteiger partial charge in [0.2, 0.25) is 5.91 Å². The molecule has 0 aromatic rings. The summed E-state index contributed by atoms with van der Waals surface area (Å²) in [5.41, 5.74) is 5.56. The smallest absolute Gasteiger partial charge is 0.227 e. The number of hydrogen-bond acceptors (Lipinski definition) is 2. The van der Waals surface area contributed by atoms with Gasteiger partial charge in [-0.25, -0.2) is 0 Å². The van der Waals surface area contributed by atoms with Crippen molar-refractivity contribution in [2.45, 2.75) is 58.5 Å². The first kappa shape index (κ1) is 12.5. The minimum Gasteiger partial charge on any atom is -0.337 e. The molecule has 1 saturated carbocycles. The third-order valence-corrected chi connectivity index (χ3v) is 3.30. The lowest BCUT2D eigenvalue weighted by Crippen LogP contribution is -2.47. The highest BCUT2D eigenvalue weighted by molar-refractivity contribution is 5.79. The van der Waals surface area contributed by atoms with E-state index in [0.29, 0.717) is 18.6 Å². The molecule has 0 bridgehead atoms. The molecule has 0 heterocycles.